The van der Waals surface area contributed by atoms with E-state index >= 15 is 0 Å². The summed E-state index contributed by atoms with van der Waals surface area (Å²) in [5.74, 6) is -0.680. The predicted octanol–water partition coefficient (Wildman–Crippen LogP) is 17.0. The zero-order valence-corrected chi connectivity index (χ0v) is 39.5. The van der Waals surface area contributed by atoms with Crippen LogP contribution in [0, 0.1) is 0 Å². The predicted molar refractivity (Wildman–Crippen MR) is 255 cm³/mol. The van der Waals surface area contributed by atoms with Gasteiger partial charge in [0, 0.05) is 14.4 Å². The fourth-order valence-corrected chi connectivity index (χ4v) is 10.1. The molecule has 0 radical (unpaired) electrons. The maximum atomic E-state index is 13.1. The summed E-state index contributed by atoms with van der Waals surface area (Å²) in [6, 6.07) is 25.5. The molecule has 59 heavy (non-hydrogen) atoms. The summed E-state index contributed by atoms with van der Waals surface area (Å²) in [6.07, 6.45) is 28.1. The zero-order valence-electron chi connectivity index (χ0n) is 36.4. The van der Waals surface area contributed by atoms with Gasteiger partial charge in [0.15, 0.2) is 0 Å². The molecular formula is C53H68Br2O4. The molecule has 4 aromatic carbocycles. The highest BCUT2D eigenvalue weighted by molar-refractivity contribution is 9.10. The second-order valence-electron chi connectivity index (χ2n) is 16.8. The van der Waals surface area contributed by atoms with Gasteiger partial charge in [0.1, 0.15) is 0 Å². The van der Waals surface area contributed by atoms with Gasteiger partial charge in [-0.1, -0.05) is 211 Å². The third-order valence-electron chi connectivity index (χ3n) is 12.7. The lowest BCUT2D eigenvalue weighted by molar-refractivity contribution is 0.0592. The van der Waals surface area contributed by atoms with Crippen LogP contribution in [0.4, 0.5) is 0 Å². The van der Waals surface area contributed by atoms with E-state index in [1.165, 1.54) is 152 Å². The lowest BCUT2D eigenvalue weighted by Gasteiger charge is -2.33. The van der Waals surface area contributed by atoms with Crippen molar-refractivity contribution in [2.45, 2.75) is 161 Å². The maximum absolute atomic E-state index is 13.1. The Labute approximate surface area is 372 Å². The van der Waals surface area contributed by atoms with Crippen molar-refractivity contribution in [2.24, 2.45) is 0 Å². The highest BCUT2D eigenvalue weighted by Gasteiger charge is 2.43. The van der Waals surface area contributed by atoms with Crippen LogP contribution < -0.4 is 0 Å². The van der Waals surface area contributed by atoms with Crippen LogP contribution in [0.25, 0.3) is 33.4 Å². The fourth-order valence-electron chi connectivity index (χ4n) is 9.42. The van der Waals surface area contributed by atoms with Crippen LogP contribution in [0.2, 0.25) is 0 Å². The standard InChI is InChI=1S/C53H68Br2O4/c1-5-7-9-11-13-15-17-19-21-23-33-53(34-24-22-20-18-16-14-12-10-8-6-2)49-35-39(43-31-27-41(54)37-47(43)51(56)58-3)25-29-45(49)46-30-26-40(36-50(46)53)44-32-28-42(55)38-48(44)52(57)59-4/h25-32,35-38H,5-24,33-34H2,1-4H3. The number of hydrogen-bond acceptors (Lipinski definition) is 4. The first kappa shape index (κ1) is 46.8. The van der Waals surface area contributed by atoms with Crippen molar-refractivity contribution >= 4 is 43.8 Å². The summed E-state index contributed by atoms with van der Waals surface area (Å²) in [4.78, 5) is 26.3. The second kappa shape index (κ2) is 24.3. The Balaban J connectivity index is 1.53. The van der Waals surface area contributed by atoms with E-state index in [1.54, 1.807) is 0 Å². The van der Waals surface area contributed by atoms with Gasteiger partial charge in [-0.3, -0.25) is 0 Å². The van der Waals surface area contributed by atoms with E-state index < -0.39 is 0 Å². The molecule has 0 saturated carbocycles. The van der Waals surface area contributed by atoms with Crippen molar-refractivity contribution in [1.82, 2.24) is 0 Å². The Bertz CT molecular complexity index is 1820. The largest absolute Gasteiger partial charge is 0.465 e. The van der Waals surface area contributed by atoms with Crippen LogP contribution in [0.15, 0.2) is 81.7 Å². The number of hydrogen-bond donors (Lipinski definition) is 0. The molecule has 0 atom stereocenters. The molecule has 1 aliphatic rings. The molecule has 0 saturated heterocycles. The number of benzene rings is 4. The van der Waals surface area contributed by atoms with Crippen molar-refractivity contribution < 1.29 is 19.1 Å². The molecule has 0 heterocycles. The molecule has 0 spiro atoms. The van der Waals surface area contributed by atoms with Crippen molar-refractivity contribution in [1.29, 1.82) is 0 Å². The summed E-state index contributed by atoms with van der Waals surface area (Å²) < 4.78 is 12.2. The molecule has 1 aliphatic carbocycles. The average molecular weight is 929 g/mol. The van der Waals surface area contributed by atoms with E-state index in [0.717, 1.165) is 56.9 Å². The van der Waals surface area contributed by atoms with Gasteiger partial charge in [-0.2, -0.15) is 0 Å². The van der Waals surface area contributed by atoms with Gasteiger partial charge in [-0.25, -0.2) is 9.59 Å². The van der Waals surface area contributed by atoms with Crippen molar-refractivity contribution in [2.75, 3.05) is 14.2 Å². The number of esters is 2. The fraction of sp³-hybridized carbons (Fsp3) is 0.509. The van der Waals surface area contributed by atoms with E-state index in [9.17, 15) is 9.59 Å². The number of carbonyl (C=O) groups is 2. The van der Waals surface area contributed by atoms with Crippen LogP contribution in [0.5, 0.6) is 0 Å². The second-order valence-corrected chi connectivity index (χ2v) is 18.7. The molecule has 0 aromatic heterocycles. The lowest BCUT2D eigenvalue weighted by atomic mass is 9.69. The monoisotopic (exact) mass is 926 g/mol. The molecule has 4 aromatic rings. The Hall–Kier alpha value is -3.22. The number of rotatable bonds is 26. The van der Waals surface area contributed by atoms with Crippen molar-refractivity contribution in [3.63, 3.8) is 0 Å². The molecule has 0 fully saturated rings. The lowest BCUT2D eigenvalue weighted by Crippen LogP contribution is -2.26. The van der Waals surface area contributed by atoms with Gasteiger partial charge >= 0.3 is 11.9 Å². The first-order chi connectivity index (χ1) is 28.8. The summed E-state index contributed by atoms with van der Waals surface area (Å²) in [5, 5.41) is 0. The minimum Gasteiger partial charge on any atom is -0.465 e. The van der Waals surface area contributed by atoms with Crippen LogP contribution in [0.1, 0.15) is 187 Å². The zero-order chi connectivity index (χ0) is 42.0. The van der Waals surface area contributed by atoms with Crippen molar-refractivity contribution in [3.05, 3.63) is 104 Å². The summed E-state index contributed by atoms with van der Waals surface area (Å²) in [7, 11) is 2.90. The summed E-state index contributed by atoms with van der Waals surface area (Å²) >= 11 is 7.18. The third-order valence-corrected chi connectivity index (χ3v) is 13.7. The third kappa shape index (κ3) is 12.4. The summed E-state index contributed by atoms with van der Waals surface area (Å²) in [6.45, 7) is 4.57. The molecule has 5 rings (SSSR count). The Morgan fingerprint density at radius 3 is 1.10 bits per heavy atom. The normalized spacial score (nSPS) is 12.6. The molecule has 4 nitrogen and oxygen atoms in total. The van der Waals surface area contributed by atoms with Gasteiger partial charge < -0.3 is 9.47 Å². The molecule has 6 heteroatoms. The minimum absolute atomic E-state index is 0.210. The van der Waals surface area contributed by atoms with Gasteiger partial charge in [0.2, 0.25) is 0 Å². The smallest absolute Gasteiger partial charge is 0.338 e. The van der Waals surface area contributed by atoms with Crippen LogP contribution in [-0.2, 0) is 14.9 Å². The highest BCUT2D eigenvalue weighted by Crippen LogP contribution is 2.56. The molecule has 0 amide bonds. The van der Waals surface area contributed by atoms with Crippen molar-refractivity contribution in [3.8, 4) is 33.4 Å². The van der Waals surface area contributed by atoms with Gasteiger partial charge in [-0.05, 0) is 93.7 Å². The summed E-state index contributed by atoms with van der Waals surface area (Å²) in [5.41, 5.74) is 9.98. The molecule has 318 valence electrons. The first-order valence-electron chi connectivity index (χ1n) is 22.8. The molecule has 0 N–H and O–H groups in total. The van der Waals surface area contributed by atoms with E-state index in [2.05, 4.69) is 82.1 Å². The number of fused-ring (bicyclic) bond motifs is 3. The molecular weight excluding hydrogens is 860 g/mol. The number of halogens is 2. The molecule has 0 aliphatic heterocycles. The first-order valence-corrected chi connectivity index (χ1v) is 24.4. The van der Waals surface area contributed by atoms with Crippen LogP contribution >= 0.6 is 31.9 Å². The Morgan fingerprint density at radius 1 is 0.441 bits per heavy atom. The van der Waals surface area contributed by atoms with E-state index in [0.29, 0.717) is 11.1 Å². The van der Waals surface area contributed by atoms with Gasteiger partial charge in [0.05, 0.1) is 25.3 Å². The topological polar surface area (TPSA) is 52.6 Å². The van der Waals surface area contributed by atoms with E-state index in [4.69, 9.17) is 9.47 Å². The average Bonchev–Trinajstić information content (AvgIpc) is 3.52. The molecule has 0 bridgehead atoms. The van der Waals surface area contributed by atoms with E-state index in [1.807, 2.05) is 36.4 Å². The minimum atomic E-state index is -0.340. The van der Waals surface area contributed by atoms with Crippen LogP contribution in [0.3, 0.4) is 0 Å². The molecule has 0 unspecified atom stereocenters. The number of ether oxygens (including phenoxy) is 2. The van der Waals surface area contributed by atoms with Gasteiger partial charge in [0.25, 0.3) is 0 Å². The maximum Gasteiger partial charge on any atom is 0.338 e. The Morgan fingerprint density at radius 2 is 0.763 bits per heavy atom. The highest BCUT2D eigenvalue weighted by atomic mass is 79.9. The Kier molecular flexibility index (Phi) is 19.3. The number of methoxy groups -OCH3 is 2. The SMILES string of the molecule is CCCCCCCCCCCCC1(CCCCCCCCCCCC)c2cc(-c3ccc(Br)cc3C(=O)OC)ccc2-c2ccc(-c3ccc(Br)cc3C(=O)OC)cc21. The number of carbonyl (C=O) groups excluding carboxylic acids is 2. The van der Waals surface area contributed by atoms with E-state index in [-0.39, 0.29) is 17.4 Å². The van der Waals surface area contributed by atoms with Gasteiger partial charge in [-0.15, -0.1) is 0 Å². The van der Waals surface area contributed by atoms with Crippen LogP contribution in [-0.4, -0.2) is 26.2 Å². The number of unbranched alkanes of at least 4 members (excludes halogenated alkanes) is 18. The quantitative estimate of drug-likeness (QED) is 0.0465.